The molecule has 0 spiro atoms. The summed E-state index contributed by atoms with van der Waals surface area (Å²) in [4.78, 5) is 0. The van der Waals surface area contributed by atoms with E-state index in [0.29, 0.717) is 26.4 Å². The third-order valence-electron chi connectivity index (χ3n) is 8.11. The molecule has 5 aromatic carbocycles. The Hall–Kier alpha value is -4.42. The first-order chi connectivity index (χ1) is 22.7. The average Bonchev–Trinajstić information content (AvgIpc) is 3.13. The Balaban J connectivity index is 1.34. The molecule has 0 heterocycles. The fourth-order valence-corrected chi connectivity index (χ4v) is 5.67. The molecule has 0 saturated heterocycles. The maximum Gasteiger partial charge on any atom is 0.144 e. The fraction of sp³-hybridized carbons (Fsp3) is 0.268. The first-order valence-electron chi connectivity index (χ1n) is 16.0. The van der Waals surface area contributed by atoms with Crippen molar-refractivity contribution < 1.29 is 23.7 Å². The van der Waals surface area contributed by atoms with E-state index < -0.39 is 5.60 Å². The monoisotopic (exact) mass is 616 g/mol. The van der Waals surface area contributed by atoms with Gasteiger partial charge in [-0.25, -0.2) is 0 Å². The fourth-order valence-electron chi connectivity index (χ4n) is 5.67. The van der Waals surface area contributed by atoms with Crippen LogP contribution in [0.3, 0.4) is 0 Å². The molecular weight excluding hydrogens is 572 g/mol. The van der Waals surface area contributed by atoms with Gasteiger partial charge in [0.2, 0.25) is 0 Å². The van der Waals surface area contributed by atoms with E-state index in [-0.39, 0.29) is 6.10 Å². The topological polar surface area (TPSA) is 46.2 Å². The molecule has 5 rings (SSSR count). The molecule has 0 fully saturated rings. The highest BCUT2D eigenvalue weighted by Gasteiger charge is 2.39. The van der Waals surface area contributed by atoms with Gasteiger partial charge in [-0.15, -0.1) is 0 Å². The van der Waals surface area contributed by atoms with Crippen molar-refractivity contribution in [3.05, 3.63) is 167 Å². The van der Waals surface area contributed by atoms with Crippen LogP contribution in [0.2, 0.25) is 0 Å². The molecule has 5 heteroatoms. The molecule has 5 aromatic rings. The lowest BCUT2D eigenvalue weighted by molar-refractivity contribution is -0.0904. The minimum absolute atomic E-state index is 0.180. The number of benzene rings is 5. The number of rotatable bonds is 18. The molecule has 5 nitrogen and oxygen atoms in total. The summed E-state index contributed by atoms with van der Waals surface area (Å²) >= 11 is 0. The van der Waals surface area contributed by atoms with Crippen molar-refractivity contribution in [3.8, 4) is 11.5 Å². The molecule has 0 N–H and O–H groups in total. The summed E-state index contributed by atoms with van der Waals surface area (Å²) in [5.41, 5.74) is 4.64. The highest BCUT2D eigenvalue weighted by Crippen LogP contribution is 2.42. The standard InChI is InChI=1S/C41H44O5/c1-42-38-25-21-33(22-26-38)30-44-29-13-12-20-40(32-45-31-34-23-27-39(43-2)28-24-34)46-41(35-14-6-3-7-15-35,36-16-8-4-9-17-36)37-18-10-5-11-19-37/h3-11,14-19,21-28,40H,12-13,20,29-32H2,1-2H3. The Kier molecular flexibility index (Phi) is 12.4. The second-order valence-corrected chi connectivity index (χ2v) is 11.3. The maximum absolute atomic E-state index is 7.37. The zero-order valence-corrected chi connectivity index (χ0v) is 26.8. The van der Waals surface area contributed by atoms with Crippen LogP contribution in [0.5, 0.6) is 11.5 Å². The van der Waals surface area contributed by atoms with Crippen LogP contribution in [-0.4, -0.2) is 33.5 Å². The molecule has 0 bridgehead atoms. The van der Waals surface area contributed by atoms with Crippen molar-refractivity contribution in [2.24, 2.45) is 0 Å². The second kappa shape index (κ2) is 17.3. The summed E-state index contributed by atoms with van der Waals surface area (Å²) in [5, 5.41) is 0. The number of ether oxygens (including phenoxy) is 5. The maximum atomic E-state index is 7.37. The van der Waals surface area contributed by atoms with Crippen molar-refractivity contribution >= 4 is 0 Å². The van der Waals surface area contributed by atoms with E-state index in [1.165, 1.54) is 0 Å². The van der Waals surface area contributed by atoms with Gasteiger partial charge in [-0.1, -0.05) is 115 Å². The highest BCUT2D eigenvalue weighted by molar-refractivity contribution is 5.47. The van der Waals surface area contributed by atoms with E-state index in [1.54, 1.807) is 14.2 Å². The first kappa shape index (κ1) is 33.0. The summed E-state index contributed by atoms with van der Waals surface area (Å²) < 4.78 is 30.3. The Morgan fingerprint density at radius 2 is 0.935 bits per heavy atom. The van der Waals surface area contributed by atoms with E-state index >= 15 is 0 Å². The van der Waals surface area contributed by atoms with E-state index in [1.807, 2.05) is 66.7 Å². The van der Waals surface area contributed by atoms with Gasteiger partial charge >= 0.3 is 0 Å². The molecule has 0 aliphatic heterocycles. The zero-order valence-electron chi connectivity index (χ0n) is 26.8. The number of unbranched alkanes of at least 4 members (excludes halogenated alkanes) is 1. The lowest BCUT2D eigenvalue weighted by atomic mass is 9.80. The van der Waals surface area contributed by atoms with Crippen molar-refractivity contribution in [1.82, 2.24) is 0 Å². The number of methoxy groups -OCH3 is 2. The van der Waals surface area contributed by atoms with Gasteiger partial charge in [0.25, 0.3) is 0 Å². The Bertz CT molecular complexity index is 1440. The summed E-state index contributed by atoms with van der Waals surface area (Å²) in [6, 6.07) is 47.6. The average molecular weight is 617 g/mol. The highest BCUT2D eigenvalue weighted by atomic mass is 16.5. The molecule has 1 unspecified atom stereocenters. The van der Waals surface area contributed by atoms with Gasteiger partial charge in [-0.3, -0.25) is 0 Å². The van der Waals surface area contributed by atoms with Crippen molar-refractivity contribution in [3.63, 3.8) is 0 Å². The molecule has 0 amide bonds. The molecule has 0 aliphatic carbocycles. The van der Waals surface area contributed by atoms with E-state index in [4.69, 9.17) is 23.7 Å². The largest absolute Gasteiger partial charge is 0.497 e. The third kappa shape index (κ3) is 8.85. The third-order valence-corrected chi connectivity index (χ3v) is 8.11. The van der Waals surface area contributed by atoms with E-state index in [9.17, 15) is 0 Å². The molecule has 1 atom stereocenters. The van der Waals surface area contributed by atoms with Crippen LogP contribution in [-0.2, 0) is 33.0 Å². The molecular formula is C41H44O5. The van der Waals surface area contributed by atoms with Gasteiger partial charge in [0.1, 0.15) is 17.1 Å². The van der Waals surface area contributed by atoms with Crippen LogP contribution in [0.25, 0.3) is 0 Å². The molecule has 0 saturated carbocycles. The van der Waals surface area contributed by atoms with Gasteiger partial charge in [-0.05, 0) is 71.3 Å². The number of hydrogen-bond acceptors (Lipinski definition) is 5. The van der Waals surface area contributed by atoms with E-state index in [2.05, 4.69) is 72.8 Å². The summed E-state index contributed by atoms with van der Waals surface area (Å²) in [7, 11) is 3.35. The summed E-state index contributed by atoms with van der Waals surface area (Å²) in [6.07, 6.45) is 2.50. The van der Waals surface area contributed by atoms with Crippen LogP contribution in [0, 0.1) is 0 Å². The molecule has 0 aliphatic rings. The lowest BCUT2D eigenvalue weighted by Crippen LogP contribution is -2.38. The van der Waals surface area contributed by atoms with E-state index in [0.717, 1.165) is 58.6 Å². The molecule has 0 radical (unpaired) electrons. The Labute approximate surface area is 273 Å². The van der Waals surface area contributed by atoms with Crippen LogP contribution in [0.15, 0.2) is 140 Å². The molecule has 46 heavy (non-hydrogen) atoms. The zero-order chi connectivity index (χ0) is 31.9. The van der Waals surface area contributed by atoms with Gasteiger partial charge < -0.3 is 23.7 Å². The van der Waals surface area contributed by atoms with Gasteiger partial charge in [0.15, 0.2) is 0 Å². The van der Waals surface area contributed by atoms with Crippen LogP contribution in [0.1, 0.15) is 47.1 Å². The number of hydrogen-bond donors (Lipinski definition) is 0. The van der Waals surface area contributed by atoms with Gasteiger partial charge in [-0.2, -0.15) is 0 Å². The SMILES string of the molecule is COc1ccc(COCCCCC(COCc2ccc(OC)cc2)OC(c2ccccc2)(c2ccccc2)c2ccccc2)cc1. The van der Waals surface area contributed by atoms with Gasteiger partial charge in [0, 0.05) is 6.61 Å². The van der Waals surface area contributed by atoms with Gasteiger partial charge in [0.05, 0.1) is 40.1 Å². The minimum atomic E-state index is -0.817. The lowest BCUT2D eigenvalue weighted by Gasteiger charge is -2.39. The first-order valence-corrected chi connectivity index (χ1v) is 16.0. The smallest absolute Gasteiger partial charge is 0.144 e. The molecule has 0 aromatic heterocycles. The van der Waals surface area contributed by atoms with Crippen LogP contribution in [0.4, 0.5) is 0 Å². The van der Waals surface area contributed by atoms with Crippen LogP contribution >= 0.6 is 0 Å². The summed E-state index contributed by atoms with van der Waals surface area (Å²) in [5.74, 6) is 1.68. The predicted molar refractivity (Wildman–Crippen MR) is 183 cm³/mol. The van der Waals surface area contributed by atoms with Crippen molar-refractivity contribution in [2.45, 2.75) is 44.2 Å². The van der Waals surface area contributed by atoms with Crippen molar-refractivity contribution in [2.75, 3.05) is 27.4 Å². The Morgan fingerprint density at radius 1 is 0.500 bits per heavy atom. The normalized spacial score (nSPS) is 12.0. The predicted octanol–water partition coefficient (Wildman–Crippen LogP) is 8.98. The minimum Gasteiger partial charge on any atom is -0.497 e. The summed E-state index contributed by atoms with van der Waals surface area (Å²) in [6.45, 7) is 2.19. The second-order valence-electron chi connectivity index (χ2n) is 11.3. The quantitative estimate of drug-likeness (QED) is 0.0726. The van der Waals surface area contributed by atoms with Crippen LogP contribution < -0.4 is 9.47 Å². The Morgan fingerprint density at radius 3 is 1.37 bits per heavy atom. The van der Waals surface area contributed by atoms with Crippen molar-refractivity contribution in [1.29, 1.82) is 0 Å². The molecule has 238 valence electrons.